The number of amides is 3. The number of rotatable bonds is 4. The first kappa shape index (κ1) is 17.5. The number of likely N-dealkylation sites (tertiary alicyclic amines) is 1. The van der Waals surface area contributed by atoms with Gasteiger partial charge >= 0.3 is 6.03 Å². The lowest BCUT2D eigenvalue weighted by molar-refractivity contribution is -0.119. The number of piperidine rings is 1. The number of hydrogen-bond acceptors (Lipinski definition) is 3. The first-order valence-corrected chi connectivity index (χ1v) is 9.37. The fraction of sp³-hybridized carbons (Fsp3) is 0.333. The Kier molecular flexibility index (Phi) is 4.81. The molecular formula is C21H24N4O2. The van der Waals surface area contributed by atoms with E-state index in [-0.39, 0.29) is 30.6 Å². The maximum absolute atomic E-state index is 13.0. The lowest BCUT2D eigenvalue weighted by Gasteiger charge is -2.45. The summed E-state index contributed by atoms with van der Waals surface area (Å²) < 4.78 is 0. The summed E-state index contributed by atoms with van der Waals surface area (Å²) in [7, 11) is 0. The molecule has 2 heterocycles. The topological polar surface area (TPSA) is 78.7 Å². The molecule has 1 atom stereocenters. The van der Waals surface area contributed by atoms with Crippen LogP contribution in [0.5, 0.6) is 0 Å². The third-order valence-electron chi connectivity index (χ3n) is 5.45. The first-order valence-electron chi connectivity index (χ1n) is 9.37. The number of carbonyl (C=O) groups is 2. The molecule has 1 unspecified atom stereocenters. The van der Waals surface area contributed by atoms with Gasteiger partial charge in [-0.15, -0.1) is 0 Å². The van der Waals surface area contributed by atoms with Gasteiger partial charge in [0.2, 0.25) is 5.91 Å². The quantitative estimate of drug-likeness (QED) is 0.875. The Morgan fingerprint density at radius 3 is 2.41 bits per heavy atom. The highest BCUT2D eigenvalue weighted by Gasteiger charge is 2.39. The molecule has 0 aliphatic carbocycles. The van der Waals surface area contributed by atoms with Crippen molar-refractivity contribution in [1.82, 2.24) is 9.80 Å². The van der Waals surface area contributed by atoms with Gasteiger partial charge in [-0.1, -0.05) is 48.5 Å². The number of urea groups is 1. The van der Waals surface area contributed by atoms with Crippen molar-refractivity contribution in [3.05, 3.63) is 65.7 Å². The molecule has 0 radical (unpaired) electrons. The van der Waals surface area contributed by atoms with E-state index in [1.165, 1.54) is 0 Å². The van der Waals surface area contributed by atoms with Gasteiger partial charge in [0.1, 0.15) is 0 Å². The van der Waals surface area contributed by atoms with Gasteiger partial charge in [0, 0.05) is 30.4 Å². The van der Waals surface area contributed by atoms with Crippen LogP contribution < -0.4 is 11.1 Å². The fourth-order valence-corrected chi connectivity index (χ4v) is 4.22. The summed E-state index contributed by atoms with van der Waals surface area (Å²) in [6, 6.07) is 18.1. The Labute approximate surface area is 158 Å². The highest BCUT2D eigenvalue weighted by atomic mass is 16.2. The Morgan fingerprint density at radius 2 is 1.70 bits per heavy atom. The Hall–Kier alpha value is -2.86. The molecule has 4 rings (SSSR count). The third kappa shape index (κ3) is 3.53. The van der Waals surface area contributed by atoms with Crippen molar-refractivity contribution in [1.29, 1.82) is 0 Å². The van der Waals surface area contributed by atoms with E-state index in [1.807, 2.05) is 41.3 Å². The van der Waals surface area contributed by atoms with E-state index >= 15 is 0 Å². The van der Waals surface area contributed by atoms with Gasteiger partial charge in [-0.2, -0.15) is 0 Å². The zero-order valence-corrected chi connectivity index (χ0v) is 15.2. The summed E-state index contributed by atoms with van der Waals surface area (Å²) in [5.41, 5.74) is 8.42. The predicted molar refractivity (Wildman–Crippen MR) is 104 cm³/mol. The smallest absolute Gasteiger partial charge is 0.322 e. The molecule has 2 aromatic rings. The molecule has 2 aromatic carbocycles. The Morgan fingerprint density at radius 1 is 1.04 bits per heavy atom. The van der Waals surface area contributed by atoms with E-state index in [0.717, 1.165) is 42.7 Å². The number of carbonyl (C=O) groups excluding carboxylic acids is 2. The largest absolute Gasteiger partial charge is 0.369 e. The summed E-state index contributed by atoms with van der Waals surface area (Å²) in [4.78, 5) is 28.3. The van der Waals surface area contributed by atoms with Gasteiger partial charge in [-0.3, -0.25) is 9.69 Å². The normalized spacial score (nSPS) is 20.8. The number of nitrogens with zero attached hydrogens (tertiary/aromatic N) is 2. The molecule has 140 valence electrons. The average molecular weight is 364 g/mol. The fourth-order valence-electron chi connectivity index (χ4n) is 4.22. The number of hydrogen-bond donors (Lipinski definition) is 2. The van der Waals surface area contributed by atoms with Crippen LogP contribution in [0.4, 0.5) is 10.5 Å². The van der Waals surface area contributed by atoms with Crippen LogP contribution in [-0.2, 0) is 4.79 Å². The number of fused-ring (bicyclic) bond motifs is 1. The lowest BCUT2D eigenvalue weighted by Crippen LogP contribution is -2.53. The standard InChI is InChI=1S/C21H24N4O2/c22-19(26)14-24-12-10-16(11-13-24)25-20(15-6-2-1-3-7-15)17-8-4-5-9-18(17)23-21(25)27/h1-9,16,20H,10-14H2,(H2,22,26)(H,23,27). The van der Waals surface area contributed by atoms with Crippen LogP contribution in [0.15, 0.2) is 54.6 Å². The van der Waals surface area contributed by atoms with Crippen LogP contribution in [0.25, 0.3) is 0 Å². The summed E-state index contributed by atoms with van der Waals surface area (Å²) in [6.07, 6.45) is 1.65. The van der Waals surface area contributed by atoms with E-state index in [4.69, 9.17) is 5.73 Å². The second-order valence-corrected chi connectivity index (χ2v) is 7.21. The summed E-state index contributed by atoms with van der Waals surface area (Å²) >= 11 is 0. The van der Waals surface area contributed by atoms with E-state index < -0.39 is 0 Å². The van der Waals surface area contributed by atoms with Crippen LogP contribution in [-0.4, -0.2) is 47.4 Å². The van der Waals surface area contributed by atoms with Crippen LogP contribution in [0.1, 0.15) is 30.0 Å². The van der Waals surface area contributed by atoms with Gasteiger partial charge < -0.3 is 16.0 Å². The van der Waals surface area contributed by atoms with Crippen molar-refractivity contribution >= 4 is 17.6 Å². The summed E-state index contributed by atoms with van der Waals surface area (Å²) in [5.74, 6) is -0.305. The average Bonchev–Trinajstić information content (AvgIpc) is 2.68. The predicted octanol–water partition coefficient (Wildman–Crippen LogP) is 2.57. The first-order chi connectivity index (χ1) is 13.1. The summed E-state index contributed by atoms with van der Waals surface area (Å²) in [5, 5.41) is 3.05. The minimum absolute atomic E-state index is 0.0593. The van der Waals surface area contributed by atoms with Crippen molar-refractivity contribution in [2.24, 2.45) is 5.73 Å². The van der Waals surface area contributed by atoms with Gasteiger partial charge in [0.25, 0.3) is 0 Å². The van der Waals surface area contributed by atoms with E-state index in [9.17, 15) is 9.59 Å². The second-order valence-electron chi connectivity index (χ2n) is 7.21. The van der Waals surface area contributed by atoms with Crippen molar-refractivity contribution in [2.75, 3.05) is 25.0 Å². The molecular weight excluding hydrogens is 340 g/mol. The number of primary amides is 1. The monoisotopic (exact) mass is 364 g/mol. The zero-order valence-electron chi connectivity index (χ0n) is 15.2. The highest BCUT2D eigenvalue weighted by Crippen LogP contribution is 2.40. The van der Waals surface area contributed by atoms with E-state index in [1.54, 1.807) is 0 Å². The summed E-state index contributed by atoms with van der Waals surface area (Å²) in [6.45, 7) is 1.81. The van der Waals surface area contributed by atoms with Gasteiger partial charge in [0.05, 0.1) is 12.6 Å². The highest BCUT2D eigenvalue weighted by molar-refractivity contribution is 5.93. The Balaban J connectivity index is 1.64. The second kappa shape index (κ2) is 7.40. The van der Waals surface area contributed by atoms with Crippen molar-refractivity contribution < 1.29 is 9.59 Å². The van der Waals surface area contributed by atoms with Crippen molar-refractivity contribution in [3.63, 3.8) is 0 Å². The van der Waals surface area contributed by atoms with Gasteiger partial charge in [-0.05, 0) is 24.5 Å². The number of benzene rings is 2. The molecule has 0 spiro atoms. The number of nitrogens with one attached hydrogen (secondary N) is 1. The molecule has 27 heavy (non-hydrogen) atoms. The van der Waals surface area contributed by atoms with E-state index in [0.29, 0.717) is 0 Å². The van der Waals surface area contributed by atoms with Crippen LogP contribution in [0.3, 0.4) is 0 Å². The minimum atomic E-state index is -0.305. The minimum Gasteiger partial charge on any atom is -0.369 e. The maximum Gasteiger partial charge on any atom is 0.322 e. The van der Waals surface area contributed by atoms with Crippen LogP contribution >= 0.6 is 0 Å². The maximum atomic E-state index is 13.0. The molecule has 0 aromatic heterocycles. The van der Waals surface area contributed by atoms with Crippen LogP contribution in [0, 0.1) is 0 Å². The van der Waals surface area contributed by atoms with Crippen LogP contribution in [0.2, 0.25) is 0 Å². The zero-order chi connectivity index (χ0) is 18.8. The molecule has 1 saturated heterocycles. The van der Waals surface area contributed by atoms with Gasteiger partial charge in [0.15, 0.2) is 0 Å². The molecule has 0 saturated carbocycles. The molecule has 1 fully saturated rings. The van der Waals surface area contributed by atoms with Crippen molar-refractivity contribution in [2.45, 2.75) is 24.9 Å². The number of anilines is 1. The molecule has 6 nitrogen and oxygen atoms in total. The number of para-hydroxylation sites is 1. The Bertz CT molecular complexity index is 831. The lowest BCUT2D eigenvalue weighted by atomic mass is 9.90. The molecule has 2 aliphatic heterocycles. The SMILES string of the molecule is NC(=O)CN1CCC(N2C(=O)Nc3ccccc3C2c2ccccc2)CC1. The molecule has 6 heteroatoms. The third-order valence-corrected chi connectivity index (χ3v) is 5.45. The molecule has 2 aliphatic rings. The molecule has 3 N–H and O–H groups in total. The van der Waals surface area contributed by atoms with Crippen molar-refractivity contribution in [3.8, 4) is 0 Å². The molecule has 3 amide bonds. The molecule has 0 bridgehead atoms. The number of nitrogens with two attached hydrogens (primary N) is 1. The van der Waals surface area contributed by atoms with Gasteiger partial charge in [-0.25, -0.2) is 4.79 Å². The van der Waals surface area contributed by atoms with E-state index in [2.05, 4.69) is 28.4 Å².